The van der Waals surface area contributed by atoms with Gasteiger partial charge < -0.3 is 15.0 Å². The number of ether oxygens (including phenoxy) is 1. The van der Waals surface area contributed by atoms with Gasteiger partial charge >= 0.3 is 5.97 Å². The lowest BCUT2D eigenvalue weighted by Gasteiger charge is -2.29. The molecule has 1 aliphatic heterocycles. The maximum Gasteiger partial charge on any atom is 0.331 e. The largest absolute Gasteiger partial charge is 0.423 e. The molecule has 0 saturated heterocycles. The number of hydrogen-bond acceptors (Lipinski definition) is 8. The summed E-state index contributed by atoms with van der Waals surface area (Å²) >= 11 is 6.03. The van der Waals surface area contributed by atoms with Crippen molar-refractivity contribution >= 4 is 50.8 Å². The molecule has 0 fully saturated rings. The van der Waals surface area contributed by atoms with Crippen LogP contribution in [0.4, 0.5) is 17.3 Å². The van der Waals surface area contributed by atoms with E-state index in [0.29, 0.717) is 27.8 Å². The Labute approximate surface area is 194 Å². The maximum atomic E-state index is 12.6. The number of rotatable bonds is 6. The highest BCUT2D eigenvalue weighted by molar-refractivity contribution is 7.92. The first-order chi connectivity index (χ1) is 15.7. The Morgan fingerprint density at radius 3 is 2.67 bits per heavy atom. The number of carbonyl (C=O) groups excluding carboxylic acids is 2. The third kappa shape index (κ3) is 5.38. The number of anilines is 3. The molecule has 0 aliphatic carbocycles. The molecule has 33 heavy (non-hydrogen) atoms. The van der Waals surface area contributed by atoms with Crippen LogP contribution in [0.3, 0.4) is 0 Å². The fraction of sp³-hybridized carbons (Fsp3) is 0.143. The van der Waals surface area contributed by atoms with E-state index in [1.165, 1.54) is 30.5 Å². The van der Waals surface area contributed by atoms with Gasteiger partial charge in [-0.3, -0.25) is 4.79 Å². The standard InChI is InChI=1S/C21H18ClN5O5S/c1-13-8-9-23-21(24-13)26-33(30,31)16-5-3-15(4-6-16)25-19(28)11-27-12-20(29)32-18-7-2-14(22)10-17(18)27/h2-10H,11-12H2,1H3,(H,25,28)(H,23,24,26). The van der Waals surface area contributed by atoms with Crippen molar-refractivity contribution in [3.8, 4) is 5.75 Å². The van der Waals surface area contributed by atoms with Crippen LogP contribution in [0.1, 0.15) is 5.69 Å². The predicted octanol–water partition coefficient (Wildman–Crippen LogP) is 2.60. The fourth-order valence-electron chi connectivity index (χ4n) is 3.13. The molecule has 12 heteroatoms. The summed E-state index contributed by atoms with van der Waals surface area (Å²) in [5, 5.41) is 3.12. The van der Waals surface area contributed by atoms with Gasteiger partial charge in [0.15, 0.2) is 5.75 Å². The van der Waals surface area contributed by atoms with E-state index < -0.39 is 21.9 Å². The number of nitrogens with one attached hydrogen (secondary N) is 2. The van der Waals surface area contributed by atoms with E-state index in [9.17, 15) is 18.0 Å². The van der Waals surface area contributed by atoms with Crippen molar-refractivity contribution in [3.05, 3.63) is 65.4 Å². The lowest BCUT2D eigenvalue weighted by Crippen LogP contribution is -2.41. The molecule has 0 bridgehead atoms. The van der Waals surface area contributed by atoms with Crippen molar-refractivity contribution in [2.24, 2.45) is 0 Å². The quantitative estimate of drug-likeness (QED) is 0.400. The number of fused-ring (bicyclic) bond motifs is 1. The van der Waals surface area contributed by atoms with Crippen LogP contribution in [0.25, 0.3) is 0 Å². The summed E-state index contributed by atoms with van der Waals surface area (Å²) in [4.78, 5) is 33.8. The fourth-order valence-corrected chi connectivity index (χ4v) is 4.25. The molecule has 1 amide bonds. The second-order valence-electron chi connectivity index (χ2n) is 7.14. The van der Waals surface area contributed by atoms with E-state index in [1.54, 1.807) is 36.1 Å². The topological polar surface area (TPSA) is 131 Å². The van der Waals surface area contributed by atoms with Crippen molar-refractivity contribution in [2.75, 3.05) is 28.0 Å². The number of nitrogens with zero attached hydrogens (tertiary/aromatic N) is 3. The third-order valence-electron chi connectivity index (χ3n) is 4.61. The number of esters is 1. The monoisotopic (exact) mass is 487 g/mol. The molecule has 0 spiro atoms. The SMILES string of the molecule is Cc1ccnc(NS(=O)(=O)c2ccc(NC(=O)CN3CC(=O)Oc4ccc(Cl)cc43)cc2)n1. The zero-order valence-corrected chi connectivity index (χ0v) is 18.9. The summed E-state index contributed by atoms with van der Waals surface area (Å²) in [7, 11) is -3.90. The second kappa shape index (κ2) is 9.04. The molecule has 0 saturated carbocycles. The highest BCUT2D eigenvalue weighted by atomic mass is 35.5. The number of aromatic nitrogens is 2. The van der Waals surface area contributed by atoms with Crippen molar-refractivity contribution in [1.82, 2.24) is 9.97 Å². The van der Waals surface area contributed by atoms with Crippen molar-refractivity contribution in [2.45, 2.75) is 11.8 Å². The van der Waals surface area contributed by atoms with Crippen LogP contribution >= 0.6 is 11.6 Å². The van der Waals surface area contributed by atoms with Gasteiger partial charge in [-0.05, 0) is 55.5 Å². The minimum atomic E-state index is -3.90. The zero-order chi connectivity index (χ0) is 23.6. The van der Waals surface area contributed by atoms with Crippen LogP contribution in [-0.4, -0.2) is 43.4 Å². The molecule has 2 N–H and O–H groups in total. The van der Waals surface area contributed by atoms with Crippen molar-refractivity contribution in [1.29, 1.82) is 0 Å². The highest BCUT2D eigenvalue weighted by Gasteiger charge is 2.26. The number of halogens is 1. The smallest absolute Gasteiger partial charge is 0.331 e. The Morgan fingerprint density at radius 1 is 1.18 bits per heavy atom. The lowest BCUT2D eigenvalue weighted by atomic mass is 10.2. The van der Waals surface area contributed by atoms with E-state index in [-0.39, 0.29) is 23.9 Å². The molecule has 0 atom stereocenters. The minimum Gasteiger partial charge on any atom is -0.423 e. The normalized spacial score (nSPS) is 13.2. The lowest BCUT2D eigenvalue weighted by molar-refractivity contribution is -0.133. The van der Waals surface area contributed by atoms with Crippen molar-refractivity contribution < 1.29 is 22.7 Å². The van der Waals surface area contributed by atoms with Crippen LogP contribution in [0, 0.1) is 6.92 Å². The molecule has 4 rings (SSSR count). The van der Waals surface area contributed by atoms with Crippen LogP contribution in [-0.2, 0) is 19.6 Å². The predicted molar refractivity (Wildman–Crippen MR) is 122 cm³/mol. The number of sulfonamides is 1. The Kier molecular flexibility index (Phi) is 6.16. The molecular weight excluding hydrogens is 470 g/mol. The summed E-state index contributed by atoms with van der Waals surface area (Å²) in [6.07, 6.45) is 1.45. The molecular formula is C21H18ClN5O5S. The Morgan fingerprint density at radius 2 is 1.94 bits per heavy atom. The molecule has 1 aromatic heterocycles. The Balaban J connectivity index is 1.43. The zero-order valence-electron chi connectivity index (χ0n) is 17.3. The molecule has 170 valence electrons. The number of carbonyl (C=O) groups is 2. The van der Waals surface area contributed by atoms with E-state index in [2.05, 4.69) is 20.0 Å². The molecule has 0 radical (unpaired) electrons. The first-order valence-electron chi connectivity index (χ1n) is 9.67. The second-order valence-corrected chi connectivity index (χ2v) is 9.26. The number of amides is 1. The average molecular weight is 488 g/mol. The minimum absolute atomic E-state index is 0.0204. The van der Waals surface area contributed by atoms with Gasteiger partial charge in [-0.1, -0.05) is 11.6 Å². The third-order valence-corrected chi connectivity index (χ3v) is 6.19. The number of benzene rings is 2. The van der Waals surface area contributed by atoms with Gasteiger partial charge in [-0.2, -0.15) is 0 Å². The van der Waals surface area contributed by atoms with Gasteiger partial charge in [0.1, 0.15) is 6.54 Å². The molecule has 10 nitrogen and oxygen atoms in total. The van der Waals surface area contributed by atoms with Crippen LogP contribution < -0.4 is 19.7 Å². The van der Waals surface area contributed by atoms with Gasteiger partial charge in [-0.15, -0.1) is 0 Å². The van der Waals surface area contributed by atoms with Crippen molar-refractivity contribution in [3.63, 3.8) is 0 Å². The van der Waals surface area contributed by atoms with Crippen LogP contribution in [0.2, 0.25) is 5.02 Å². The first kappa shape index (κ1) is 22.5. The van der Waals surface area contributed by atoms with Gasteiger partial charge in [0, 0.05) is 22.6 Å². The van der Waals surface area contributed by atoms with E-state index in [0.717, 1.165) is 0 Å². The highest BCUT2D eigenvalue weighted by Crippen LogP contribution is 2.34. The average Bonchev–Trinajstić information content (AvgIpc) is 2.74. The van der Waals surface area contributed by atoms with E-state index in [4.69, 9.17) is 16.3 Å². The molecule has 0 unspecified atom stereocenters. The van der Waals surface area contributed by atoms with Crippen LogP contribution in [0.5, 0.6) is 5.75 Å². The summed E-state index contributed by atoms with van der Waals surface area (Å²) in [5.41, 5.74) is 1.53. The molecule has 2 heterocycles. The summed E-state index contributed by atoms with van der Waals surface area (Å²) in [6.45, 7) is 1.48. The van der Waals surface area contributed by atoms with Gasteiger partial charge in [-0.25, -0.2) is 27.9 Å². The Bertz CT molecular complexity index is 1330. The first-order valence-corrected chi connectivity index (χ1v) is 11.5. The van der Waals surface area contributed by atoms with E-state index >= 15 is 0 Å². The number of hydrogen-bond donors (Lipinski definition) is 2. The summed E-state index contributed by atoms with van der Waals surface area (Å²) in [5.74, 6) is -0.606. The molecule has 1 aliphatic rings. The summed E-state index contributed by atoms with van der Waals surface area (Å²) in [6, 6.07) is 12.0. The van der Waals surface area contributed by atoms with Gasteiger partial charge in [0.05, 0.1) is 17.1 Å². The molecule has 3 aromatic rings. The van der Waals surface area contributed by atoms with Crippen LogP contribution in [0.15, 0.2) is 59.6 Å². The maximum absolute atomic E-state index is 12.6. The Hall–Kier alpha value is -3.70. The van der Waals surface area contributed by atoms with E-state index in [1.807, 2.05) is 0 Å². The van der Waals surface area contributed by atoms with Gasteiger partial charge in [0.25, 0.3) is 10.0 Å². The number of aryl methyl sites for hydroxylation is 1. The molecule has 2 aromatic carbocycles. The summed E-state index contributed by atoms with van der Waals surface area (Å²) < 4.78 is 32.6. The van der Waals surface area contributed by atoms with Gasteiger partial charge in [0.2, 0.25) is 11.9 Å².